The molecule has 2 N–H and O–H groups in total. The molecule has 0 aromatic heterocycles. The number of nitrogens with one attached hydrogen (secondary N) is 1. The number of hydrogen-bond donors (Lipinski definition) is 2. The van der Waals surface area contributed by atoms with Crippen LogP contribution in [0.1, 0.15) is 30.1 Å². The van der Waals surface area contributed by atoms with Crippen LogP contribution in [-0.2, 0) is 0 Å². The van der Waals surface area contributed by atoms with E-state index in [0.29, 0.717) is 9.99 Å². The number of aliphatic hydroxyl groups excluding tert-OH is 1. The molecule has 0 heterocycles. The van der Waals surface area contributed by atoms with E-state index in [2.05, 4.69) is 5.32 Å². The summed E-state index contributed by atoms with van der Waals surface area (Å²) in [5, 5.41) is 22.8. The van der Waals surface area contributed by atoms with Gasteiger partial charge in [-0.05, 0) is 35.1 Å². The maximum atomic E-state index is 11.9. The molecule has 1 atom stereocenters. The first-order valence-electron chi connectivity index (χ1n) is 5.86. The molecule has 7 heteroatoms. The molecule has 1 aromatic carbocycles. The standard InChI is InChI=1S/C12H15IN2O4/c1-2-3-9(16)7-14-12(17)10-6-8(15(18)19)4-5-11(10)13/h4-6,9,16H,2-3,7H2,1H3,(H,14,17). The summed E-state index contributed by atoms with van der Waals surface area (Å²) in [6.45, 7) is 2.08. The van der Waals surface area contributed by atoms with Gasteiger partial charge in [0.25, 0.3) is 11.6 Å². The second-order valence-corrected chi connectivity index (χ2v) is 5.24. The molecule has 0 radical (unpaired) electrons. The smallest absolute Gasteiger partial charge is 0.270 e. The van der Waals surface area contributed by atoms with Crippen LogP contribution >= 0.6 is 22.6 Å². The van der Waals surface area contributed by atoms with Crippen molar-refractivity contribution in [3.05, 3.63) is 37.4 Å². The van der Waals surface area contributed by atoms with E-state index in [9.17, 15) is 20.0 Å². The molecule has 0 fully saturated rings. The number of nitro groups is 1. The van der Waals surface area contributed by atoms with Crippen LogP contribution in [0.25, 0.3) is 0 Å². The molecule has 0 saturated carbocycles. The summed E-state index contributed by atoms with van der Waals surface area (Å²) in [6.07, 6.45) is 0.836. The fourth-order valence-corrected chi connectivity index (χ4v) is 2.12. The summed E-state index contributed by atoms with van der Waals surface area (Å²) < 4.78 is 0.630. The van der Waals surface area contributed by atoms with Gasteiger partial charge in [-0.3, -0.25) is 14.9 Å². The Balaban J connectivity index is 2.76. The molecule has 1 unspecified atom stereocenters. The molecule has 0 aliphatic rings. The second kappa shape index (κ2) is 7.39. The number of halogens is 1. The fraction of sp³-hybridized carbons (Fsp3) is 0.417. The molecule has 0 aliphatic carbocycles. The number of carbonyl (C=O) groups is 1. The van der Waals surface area contributed by atoms with Crippen LogP contribution < -0.4 is 5.32 Å². The molecule has 6 nitrogen and oxygen atoms in total. The molecule has 19 heavy (non-hydrogen) atoms. The van der Waals surface area contributed by atoms with Crippen LogP contribution in [0, 0.1) is 13.7 Å². The Labute approximate surface area is 124 Å². The number of nitrogens with zero attached hydrogens (tertiary/aromatic N) is 1. The lowest BCUT2D eigenvalue weighted by Gasteiger charge is -2.11. The first kappa shape index (κ1) is 15.8. The van der Waals surface area contributed by atoms with Gasteiger partial charge in [0, 0.05) is 22.2 Å². The van der Waals surface area contributed by atoms with E-state index in [1.807, 2.05) is 29.5 Å². The van der Waals surface area contributed by atoms with Gasteiger partial charge in [-0.1, -0.05) is 13.3 Å². The third-order valence-corrected chi connectivity index (χ3v) is 3.47. The van der Waals surface area contributed by atoms with E-state index in [4.69, 9.17) is 0 Å². The van der Waals surface area contributed by atoms with E-state index >= 15 is 0 Å². The maximum Gasteiger partial charge on any atom is 0.270 e. The Bertz CT molecular complexity index is 479. The molecule has 1 rings (SSSR count). The number of carbonyl (C=O) groups excluding carboxylic acids is 1. The minimum atomic E-state index is -0.592. The van der Waals surface area contributed by atoms with Gasteiger partial charge in [0.1, 0.15) is 0 Å². The van der Waals surface area contributed by atoms with E-state index in [-0.39, 0.29) is 17.8 Å². The summed E-state index contributed by atoms with van der Waals surface area (Å²) in [5.74, 6) is -0.414. The molecule has 1 amide bonds. The second-order valence-electron chi connectivity index (χ2n) is 4.07. The molecule has 104 valence electrons. The van der Waals surface area contributed by atoms with Gasteiger partial charge >= 0.3 is 0 Å². The lowest BCUT2D eigenvalue weighted by molar-refractivity contribution is -0.384. The van der Waals surface area contributed by atoms with Crippen molar-refractivity contribution in [3.8, 4) is 0 Å². The van der Waals surface area contributed by atoms with Crippen LogP contribution in [0.3, 0.4) is 0 Å². The Morgan fingerprint density at radius 2 is 2.26 bits per heavy atom. The average Bonchev–Trinajstić information content (AvgIpc) is 2.36. The van der Waals surface area contributed by atoms with E-state index in [1.165, 1.54) is 18.2 Å². The number of aliphatic hydroxyl groups is 1. The number of hydrogen-bond acceptors (Lipinski definition) is 4. The van der Waals surface area contributed by atoms with Crippen LogP contribution in [0.5, 0.6) is 0 Å². The number of rotatable bonds is 6. The van der Waals surface area contributed by atoms with Crippen molar-refractivity contribution in [2.24, 2.45) is 0 Å². The first-order valence-corrected chi connectivity index (χ1v) is 6.93. The summed E-state index contributed by atoms with van der Waals surface area (Å²) in [5.41, 5.74) is 0.123. The zero-order chi connectivity index (χ0) is 14.4. The highest BCUT2D eigenvalue weighted by molar-refractivity contribution is 14.1. The Kier molecular flexibility index (Phi) is 6.16. The van der Waals surface area contributed by atoms with E-state index in [1.54, 1.807) is 0 Å². The maximum absolute atomic E-state index is 11.9. The van der Waals surface area contributed by atoms with Crippen LogP contribution in [-0.4, -0.2) is 28.6 Å². The topological polar surface area (TPSA) is 92.5 Å². The van der Waals surface area contributed by atoms with E-state index in [0.717, 1.165) is 6.42 Å². The predicted octanol–water partition coefficient (Wildman–Crippen LogP) is 2.09. The molecule has 1 aromatic rings. The number of benzene rings is 1. The Morgan fingerprint density at radius 3 is 2.84 bits per heavy atom. The van der Waals surface area contributed by atoms with Crippen molar-refractivity contribution >= 4 is 34.2 Å². The van der Waals surface area contributed by atoms with Crippen molar-refractivity contribution < 1.29 is 14.8 Å². The fourth-order valence-electron chi connectivity index (χ4n) is 1.54. The third-order valence-electron chi connectivity index (χ3n) is 2.53. The number of non-ortho nitro benzene ring substituents is 1. The molecule has 0 saturated heterocycles. The SMILES string of the molecule is CCCC(O)CNC(=O)c1cc([N+](=O)[O-])ccc1I. The number of nitro benzene ring substituents is 1. The van der Waals surface area contributed by atoms with Gasteiger partial charge in [-0.15, -0.1) is 0 Å². The summed E-state index contributed by atoms with van der Waals surface area (Å²) in [6, 6.07) is 4.11. The first-order chi connectivity index (χ1) is 8.95. The highest BCUT2D eigenvalue weighted by Gasteiger charge is 2.16. The molecule has 0 aliphatic heterocycles. The minimum Gasteiger partial charge on any atom is -0.391 e. The molecule has 0 bridgehead atoms. The predicted molar refractivity (Wildman–Crippen MR) is 79.1 cm³/mol. The van der Waals surface area contributed by atoms with Crippen molar-refractivity contribution in [2.45, 2.75) is 25.9 Å². The van der Waals surface area contributed by atoms with Gasteiger partial charge in [0.15, 0.2) is 0 Å². The normalized spacial score (nSPS) is 11.9. The third kappa shape index (κ3) is 4.75. The van der Waals surface area contributed by atoms with Crippen molar-refractivity contribution in [1.82, 2.24) is 5.32 Å². The van der Waals surface area contributed by atoms with Crippen molar-refractivity contribution in [1.29, 1.82) is 0 Å². The van der Waals surface area contributed by atoms with Crippen LogP contribution in [0.4, 0.5) is 5.69 Å². The van der Waals surface area contributed by atoms with Crippen molar-refractivity contribution in [3.63, 3.8) is 0 Å². The van der Waals surface area contributed by atoms with Crippen molar-refractivity contribution in [2.75, 3.05) is 6.54 Å². The Hall–Kier alpha value is -1.22. The van der Waals surface area contributed by atoms with Crippen LogP contribution in [0.15, 0.2) is 18.2 Å². The average molecular weight is 378 g/mol. The highest BCUT2D eigenvalue weighted by atomic mass is 127. The minimum absolute atomic E-state index is 0.125. The number of amides is 1. The van der Waals surface area contributed by atoms with E-state index < -0.39 is 16.9 Å². The van der Waals surface area contributed by atoms with Gasteiger partial charge in [0.05, 0.1) is 16.6 Å². The van der Waals surface area contributed by atoms with Gasteiger partial charge in [-0.25, -0.2) is 0 Å². The lowest BCUT2D eigenvalue weighted by Crippen LogP contribution is -2.32. The lowest BCUT2D eigenvalue weighted by atomic mass is 10.1. The summed E-state index contributed by atoms with van der Waals surface area (Å²) in [7, 11) is 0. The van der Waals surface area contributed by atoms with Gasteiger partial charge in [-0.2, -0.15) is 0 Å². The van der Waals surface area contributed by atoms with Gasteiger partial charge < -0.3 is 10.4 Å². The Morgan fingerprint density at radius 1 is 1.58 bits per heavy atom. The summed E-state index contributed by atoms with van der Waals surface area (Å²) in [4.78, 5) is 22.0. The van der Waals surface area contributed by atoms with Gasteiger partial charge in [0.2, 0.25) is 0 Å². The van der Waals surface area contributed by atoms with Crippen LogP contribution in [0.2, 0.25) is 0 Å². The quantitative estimate of drug-likeness (QED) is 0.451. The largest absolute Gasteiger partial charge is 0.391 e. The molecular weight excluding hydrogens is 363 g/mol. The monoisotopic (exact) mass is 378 g/mol. The molecular formula is C12H15IN2O4. The molecule has 0 spiro atoms. The zero-order valence-corrected chi connectivity index (χ0v) is 12.6. The summed E-state index contributed by atoms with van der Waals surface area (Å²) >= 11 is 1.94. The zero-order valence-electron chi connectivity index (χ0n) is 10.4. The highest BCUT2D eigenvalue weighted by Crippen LogP contribution is 2.19.